The van der Waals surface area contributed by atoms with E-state index in [1.165, 1.54) is 12.8 Å². The molecule has 1 aliphatic rings. The van der Waals surface area contributed by atoms with E-state index in [9.17, 15) is 13.6 Å². The first kappa shape index (κ1) is 13.9. The third-order valence-electron chi connectivity index (χ3n) is 3.22. The van der Waals surface area contributed by atoms with Gasteiger partial charge in [-0.3, -0.25) is 4.79 Å². The van der Waals surface area contributed by atoms with Crippen LogP contribution in [-0.4, -0.2) is 37.4 Å². The first-order valence-electron chi connectivity index (χ1n) is 6.50. The predicted molar refractivity (Wildman–Crippen MR) is 67.5 cm³/mol. The first-order chi connectivity index (χ1) is 9.20. The van der Waals surface area contributed by atoms with Gasteiger partial charge < -0.3 is 9.64 Å². The number of benzene rings is 1. The molecule has 0 aromatic heterocycles. The van der Waals surface area contributed by atoms with Gasteiger partial charge in [0.15, 0.2) is 17.4 Å². The Morgan fingerprint density at radius 3 is 2.42 bits per heavy atom. The third-order valence-corrected chi connectivity index (χ3v) is 3.22. The highest BCUT2D eigenvalue weighted by atomic mass is 19.1. The van der Waals surface area contributed by atoms with Crippen LogP contribution < -0.4 is 4.74 Å². The number of nitrogens with zero attached hydrogens (tertiary/aromatic N) is 1. The van der Waals surface area contributed by atoms with Gasteiger partial charge in [-0.2, -0.15) is 0 Å². The van der Waals surface area contributed by atoms with Gasteiger partial charge in [-0.1, -0.05) is 0 Å². The van der Waals surface area contributed by atoms with Gasteiger partial charge in [-0.05, 0) is 44.5 Å². The fourth-order valence-electron chi connectivity index (χ4n) is 2.25. The lowest BCUT2D eigenvalue weighted by Gasteiger charge is -2.14. The van der Waals surface area contributed by atoms with Crippen molar-refractivity contribution >= 4 is 6.29 Å². The molecule has 0 spiro atoms. The Bertz CT molecular complexity index is 422. The molecule has 0 unspecified atom stereocenters. The van der Waals surface area contributed by atoms with E-state index in [1.807, 2.05) is 0 Å². The van der Waals surface area contributed by atoms with Gasteiger partial charge in [0.25, 0.3) is 0 Å². The predicted octanol–water partition coefficient (Wildman–Crippen LogP) is 2.64. The molecular formula is C14H17F2NO2. The number of hydrogen-bond donors (Lipinski definition) is 0. The Kier molecular flexibility index (Phi) is 4.85. The SMILES string of the molecule is O=Cc1cc(F)c(OCCCN2CCCC2)c(F)c1. The van der Waals surface area contributed by atoms with Crippen LogP contribution in [0.2, 0.25) is 0 Å². The van der Waals surface area contributed by atoms with Crippen LogP contribution in [0.1, 0.15) is 29.6 Å². The molecule has 0 saturated carbocycles. The summed E-state index contributed by atoms with van der Waals surface area (Å²) in [6, 6.07) is 1.96. The second kappa shape index (κ2) is 6.61. The van der Waals surface area contributed by atoms with E-state index in [-0.39, 0.29) is 12.2 Å². The zero-order chi connectivity index (χ0) is 13.7. The molecule has 1 aliphatic heterocycles. The molecule has 0 amide bonds. The quantitative estimate of drug-likeness (QED) is 0.587. The van der Waals surface area contributed by atoms with Gasteiger partial charge in [-0.15, -0.1) is 0 Å². The zero-order valence-corrected chi connectivity index (χ0v) is 10.7. The zero-order valence-electron chi connectivity index (χ0n) is 10.7. The summed E-state index contributed by atoms with van der Waals surface area (Å²) in [5.41, 5.74) is -0.0283. The number of ether oxygens (including phenoxy) is 1. The van der Waals surface area contributed by atoms with Gasteiger partial charge >= 0.3 is 0 Å². The number of halogens is 2. The summed E-state index contributed by atoms with van der Waals surface area (Å²) < 4.78 is 32.1. The molecule has 0 atom stereocenters. The molecule has 0 N–H and O–H groups in total. The molecule has 0 radical (unpaired) electrons. The van der Waals surface area contributed by atoms with Crippen molar-refractivity contribution in [1.82, 2.24) is 4.90 Å². The van der Waals surface area contributed by atoms with Crippen molar-refractivity contribution in [3.8, 4) is 5.75 Å². The van der Waals surface area contributed by atoms with Crippen molar-refractivity contribution < 1.29 is 18.3 Å². The lowest BCUT2D eigenvalue weighted by atomic mass is 10.2. The van der Waals surface area contributed by atoms with Gasteiger partial charge in [0.2, 0.25) is 0 Å². The highest BCUT2D eigenvalue weighted by molar-refractivity contribution is 5.75. The van der Waals surface area contributed by atoms with E-state index in [2.05, 4.69) is 4.90 Å². The van der Waals surface area contributed by atoms with Crippen LogP contribution in [0.4, 0.5) is 8.78 Å². The number of hydrogen-bond acceptors (Lipinski definition) is 3. The summed E-state index contributed by atoms with van der Waals surface area (Å²) >= 11 is 0. The molecular weight excluding hydrogens is 252 g/mol. The minimum atomic E-state index is -0.830. The summed E-state index contributed by atoms with van der Waals surface area (Å²) in [6.45, 7) is 3.34. The van der Waals surface area contributed by atoms with E-state index < -0.39 is 17.4 Å². The molecule has 5 heteroatoms. The maximum Gasteiger partial charge on any atom is 0.190 e. The van der Waals surface area contributed by atoms with Gasteiger partial charge in [0.1, 0.15) is 6.29 Å². The Hall–Kier alpha value is -1.49. The van der Waals surface area contributed by atoms with E-state index >= 15 is 0 Å². The minimum absolute atomic E-state index is 0.0283. The monoisotopic (exact) mass is 269 g/mol. The van der Waals surface area contributed by atoms with Gasteiger partial charge in [-0.25, -0.2) is 8.78 Å². The number of aldehydes is 1. The summed E-state index contributed by atoms with van der Waals surface area (Å²) in [7, 11) is 0. The molecule has 3 nitrogen and oxygen atoms in total. The number of carbonyl (C=O) groups excluding carboxylic acids is 1. The van der Waals surface area contributed by atoms with Crippen molar-refractivity contribution in [3.63, 3.8) is 0 Å². The lowest BCUT2D eigenvalue weighted by molar-refractivity contribution is 0.112. The Labute approximate surface area is 111 Å². The smallest absolute Gasteiger partial charge is 0.190 e. The largest absolute Gasteiger partial charge is 0.488 e. The Morgan fingerprint density at radius 2 is 1.84 bits per heavy atom. The van der Waals surface area contributed by atoms with Crippen LogP contribution in [0, 0.1) is 11.6 Å². The second-order valence-electron chi connectivity index (χ2n) is 4.68. The molecule has 1 fully saturated rings. The van der Waals surface area contributed by atoms with Crippen molar-refractivity contribution in [2.45, 2.75) is 19.3 Å². The molecule has 19 heavy (non-hydrogen) atoms. The summed E-state index contributed by atoms with van der Waals surface area (Å²) in [6.07, 6.45) is 3.58. The molecule has 1 aromatic rings. The lowest BCUT2D eigenvalue weighted by Crippen LogP contribution is -2.22. The normalized spacial score (nSPS) is 15.7. The number of carbonyl (C=O) groups is 1. The number of likely N-dealkylation sites (tertiary alicyclic amines) is 1. The maximum atomic E-state index is 13.5. The van der Waals surface area contributed by atoms with E-state index in [0.29, 0.717) is 6.29 Å². The fraction of sp³-hybridized carbons (Fsp3) is 0.500. The third kappa shape index (κ3) is 3.73. The minimum Gasteiger partial charge on any atom is -0.488 e. The molecule has 0 bridgehead atoms. The van der Waals surface area contributed by atoms with Crippen molar-refractivity contribution in [2.24, 2.45) is 0 Å². The van der Waals surface area contributed by atoms with Crippen LogP contribution in [0.5, 0.6) is 5.75 Å². The average molecular weight is 269 g/mol. The summed E-state index contributed by atoms with van der Waals surface area (Å²) in [4.78, 5) is 12.8. The van der Waals surface area contributed by atoms with Crippen molar-refractivity contribution in [2.75, 3.05) is 26.2 Å². The van der Waals surface area contributed by atoms with Crippen LogP contribution in [0.15, 0.2) is 12.1 Å². The van der Waals surface area contributed by atoms with Crippen LogP contribution >= 0.6 is 0 Å². The van der Waals surface area contributed by atoms with Crippen LogP contribution in [0.25, 0.3) is 0 Å². The van der Waals surface area contributed by atoms with Crippen molar-refractivity contribution in [1.29, 1.82) is 0 Å². The topological polar surface area (TPSA) is 29.5 Å². The van der Waals surface area contributed by atoms with E-state index in [1.54, 1.807) is 0 Å². The van der Waals surface area contributed by atoms with E-state index in [4.69, 9.17) is 4.74 Å². The molecule has 0 aliphatic carbocycles. The molecule has 1 saturated heterocycles. The van der Waals surface area contributed by atoms with Crippen LogP contribution in [0.3, 0.4) is 0 Å². The molecule has 2 rings (SSSR count). The Balaban J connectivity index is 1.83. The first-order valence-corrected chi connectivity index (χ1v) is 6.50. The second-order valence-corrected chi connectivity index (χ2v) is 4.68. The van der Waals surface area contributed by atoms with Gasteiger partial charge in [0.05, 0.1) is 6.61 Å². The highest BCUT2D eigenvalue weighted by Crippen LogP contribution is 2.23. The standard InChI is InChI=1S/C14H17F2NO2/c15-12-8-11(10-18)9-13(16)14(12)19-7-3-6-17-4-1-2-5-17/h8-10H,1-7H2. The molecule has 1 aromatic carbocycles. The summed E-state index contributed by atoms with van der Waals surface area (Å²) in [5, 5.41) is 0. The van der Waals surface area contributed by atoms with E-state index in [0.717, 1.165) is 38.2 Å². The summed E-state index contributed by atoms with van der Waals surface area (Å²) in [5.74, 6) is -2.06. The average Bonchev–Trinajstić information content (AvgIpc) is 2.89. The Morgan fingerprint density at radius 1 is 1.21 bits per heavy atom. The molecule has 104 valence electrons. The molecule has 1 heterocycles. The highest BCUT2D eigenvalue weighted by Gasteiger charge is 2.14. The van der Waals surface area contributed by atoms with Crippen molar-refractivity contribution in [3.05, 3.63) is 29.3 Å². The van der Waals surface area contributed by atoms with Gasteiger partial charge in [0, 0.05) is 12.1 Å². The number of rotatable bonds is 6. The fourth-order valence-corrected chi connectivity index (χ4v) is 2.25. The van der Waals surface area contributed by atoms with Crippen LogP contribution in [-0.2, 0) is 0 Å². The maximum absolute atomic E-state index is 13.5.